The smallest absolute Gasteiger partial charge is 0.433 e. The third-order valence-electron chi connectivity index (χ3n) is 2.92. The Kier molecular flexibility index (Phi) is 4.42. The van der Waals surface area contributed by atoms with Crippen LogP contribution in [0.4, 0.5) is 19.0 Å². The van der Waals surface area contributed by atoms with E-state index in [0.717, 1.165) is 30.4 Å². The van der Waals surface area contributed by atoms with E-state index in [1.807, 2.05) is 0 Å². The summed E-state index contributed by atoms with van der Waals surface area (Å²) in [6.45, 7) is 0. The Morgan fingerprint density at radius 2 is 2.20 bits per heavy atom. The van der Waals surface area contributed by atoms with E-state index in [0.29, 0.717) is 6.07 Å². The molecule has 0 bridgehead atoms. The molecule has 1 aliphatic rings. The van der Waals surface area contributed by atoms with Crippen molar-refractivity contribution in [3.63, 3.8) is 0 Å². The van der Waals surface area contributed by atoms with Crippen LogP contribution in [0.1, 0.15) is 28.9 Å². The van der Waals surface area contributed by atoms with Crippen LogP contribution in [0.25, 0.3) is 0 Å². The van der Waals surface area contributed by atoms with Gasteiger partial charge in [0.25, 0.3) is 0 Å². The number of thioether (sulfide) groups is 1. The topological polar surface area (TPSA) is 62.2 Å². The lowest BCUT2D eigenvalue weighted by Gasteiger charge is -2.24. The Labute approximate surface area is 117 Å². The highest BCUT2D eigenvalue weighted by Gasteiger charge is 2.33. The van der Waals surface area contributed by atoms with Crippen molar-refractivity contribution in [1.82, 2.24) is 4.98 Å². The summed E-state index contributed by atoms with van der Waals surface area (Å²) < 4.78 is 37.9. The van der Waals surface area contributed by atoms with E-state index in [9.17, 15) is 18.0 Å². The van der Waals surface area contributed by atoms with Crippen LogP contribution in [-0.2, 0) is 6.18 Å². The van der Waals surface area contributed by atoms with Gasteiger partial charge in [-0.25, -0.2) is 9.78 Å². The minimum absolute atomic E-state index is 0.0529. The summed E-state index contributed by atoms with van der Waals surface area (Å²) in [6.07, 6.45) is -2.84. The lowest BCUT2D eigenvalue weighted by atomic mass is 10.1. The fourth-order valence-electron chi connectivity index (χ4n) is 1.95. The highest BCUT2D eigenvalue weighted by molar-refractivity contribution is 7.99. The van der Waals surface area contributed by atoms with Crippen molar-refractivity contribution in [2.45, 2.75) is 25.1 Å². The molecule has 8 heteroatoms. The number of carboxylic acid groups (broad SMARTS) is 1. The first-order chi connectivity index (χ1) is 9.38. The molecule has 0 saturated carbocycles. The molecule has 2 heterocycles. The van der Waals surface area contributed by atoms with E-state index >= 15 is 0 Å². The van der Waals surface area contributed by atoms with E-state index in [1.54, 1.807) is 11.8 Å². The Morgan fingerprint density at radius 3 is 2.75 bits per heavy atom. The molecule has 1 aliphatic heterocycles. The number of nitrogens with zero attached hydrogens (tertiary/aromatic N) is 1. The fraction of sp³-hybridized carbons (Fsp3) is 0.500. The summed E-state index contributed by atoms with van der Waals surface area (Å²) in [5, 5.41) is 11.9. The Morgan fingerprint density at radius 1 is 1.45 bits per heavy atom. The molecule has 0 spiro atoms. The number of aromatic nitrogens is 1. The highest BCUT2D eigenvalue weighted by atomic mass is 32.2. The van der Waals surface area contributed by atoms with Gasteiger partial charge in [0, 0.05) is 11.8 Å². The number of carboxylic acids is 1. The van der Waals surface area contributed by atoms with Gasteiger partial charge in [0.2, 0.25) is 0 Å². The monoisotopic (exact) mass is 306 g/mol. The standard InChI is InChI=1S/C12H13F3N2O2S/c13-12(14,15)9-4-3-8(11(18)19)10(17-9)16-7-2-1-5-20-6-7/h3-4,7H,1-2,5-6H2,(H,16,17)(H,18,19). The van der Waals surface area contributed by atoms with Crippen molar-refractivity contribution >= 4 is 23.5 Å². The van der Waals surface area contributed by atoms with Crippen molar-refractivity contribution in [2.75, 3.05) is 16.8 Å². The number of pyridine rings is 1. The van der Waals surface area contributed by atoms with E-state index in [4.69, 9.17) is 5.11 Å². The van der Waals surface area contributed by atoms with Crippen molar-refractivity contribution in [3.8, 4) is 0 Å². The zero-order valence-corrected chi connectivity index (χ0v) is 11.2. The van der Waals surface area contributed by atoms with Crippen molar-refractivity contribution < 1.29 is 23.1 Å². The first-order valence-corrected chi connectivity index (χ1v) is 7.19. The van der Waals surface area contributed by atoms with E-state index in [2.05, 4.69) is 10.3 Å². The molecule has 0 amide bonds. The molecule has 20 heavy (non-hydrogen) atoms. The second-order valence-electron chi connectivity index (χ2n) is 4.45. The molecule has 1 fully saturated rings. The average molecular weight is 306 g/mol. The van der Waals surface area contributed by atoms with Gasteiger partial charge >= 0.3 is 12.1 Å². The van der Waals surface area contributed by atoms with Crippen LogP contribution in [0.3, 0.4) is 0 Å². The van der Waals surface area contributed by atoms with Crippen LogP contribution < -0.4 is 5.32 Å². The molecule has 0 radical (unpaired) electrons. The molecule has 2 N–H and O–H groups in total. The summed E-state index contributed by atoms with van der Waals surface area (Å²) in [5.74, 6) is 0.244. The Hall–Kier alpha value is -1.44. The Bertz CT molecular complexity index is 502. The molecule has 110 valence electrons. The van der Waals surface area contributed by atoms with Gasteiger partial charge in [0.05, 0.1) is 0 Å². The summed E-state index contributed by atoms with van der Waals surface area (Å²) >= 11 is 1.69. The molecule has 1 aromatic rings. The number of anilines is 1. The first-order valence-electron chi connectivity index (χ1n) is 6.04. The number of halogens is 3. The van der Waals surface area contributed by atoms with Gasteiger partial charge in [-0.15, -0.1) is 0 Å². The molecule has 1 unspecified atom stereocenters. The summed E-state index contributed by atoms with van der Waals surface area (Å²) in [7, 11) is 0. The number of hydrogen-bond donors (Lipinski definition) is 2. The van der Waals surface area contributed by atoms with E-state index in [-0.39, 0.29) is 17.4 Å². The largest absolute Gasteiger partial charge is 0.478 e. The number of carbonyl (C=O) groups is 1. The average Bonchev–Trinajstić information content (AvgIpc) is 2.38. The minimum atomic E-state index is -4.59. The maximum Gasteiger partial charge on any atom is 0.433 e. The molecule has 1 saturated heterocycles. The van der Waals surface area contributed by atoms with Crippen LogP contribution in [0.2, 0.25) is 0 Å². The van der Waals surface area contributed by atoms with Gasteiger partial charge in [-0.3, -0.25) is 0 Å². The lowest BCUT2D eigenvalue weighted by Crippen LogP contribution is -2.28. The van der Waals surface area contributed by atoms with Crippen LogP contribution >= 0.6 is 11.8 Å². The van der Waals surface area contributed by atoms with Gasteiger partial charge in [-0.2, -0.15) is 24.9 Å². The number of aromatic carboxylic acids is 1. The maximum atomic E-state index is 12.6. The molecule has 1 atom stereocenters. The number of hydrogen-bond acceptors (Lipinski definition) is 4. The highest BCUT2D eigenvalue weighted by Crippen LogP contribution is 2.30. The van der Waals surface area contributed by atoms with Crippen LogP contribution in [-0.4, -0.2) is 33.6 Å². The zero-order valence-electron chi connectivity index (χ0n) is 10.4. The van der Waals surface area contributed by atoms with Crippen LogP contribution in [0, 0.1) is 0 Å². The number of nitrogens with one attached hydrogen (secondary N) is 1. The molecular formula is C12H13F3N2O2S. The predicted octanol–water partition coefficient (Wildman–Crippen LogP) is 3.11. The second kappa shape index (κ2) is 5.90. The van der Waals surface area contributed by atoms with Crippen LogP contribution in [0.5, 0.6) is 0 Å². The maximum absolute atomic E-state index is 12.6. The summed E-state index contributed by atoms with van der Waals surface area (Å²) in [6, 6.07) is 1.57. The molecule has 1 aromatic heterocycles. The normalized spacial score (nSPS) is 19.6. The van der Waals surface area contributed by atoms with Crippen molar-refractivity contribution in [1.29, 1.82) is 0 Å². The molecule has 0 aromatic carbocycles. The predicted molar refractivity (Wildman–Crippen MR) is 70.2 cm³/mol. The van der Waals surface area contributed by atoms with Gasteiger partial charge in [-0.1, -0.05) is 0 Å². The lowest BCUT2D eigenvalue weighted by molar-refractivity contribution is -0.141. The van der Waals surface area contributed by atoms with Gasteiger partial charge in [0.15, 0.2) is 0 Å². The first kappa shape index (κ1) is 15.0. The SMILES string of the molecule is O=C(O)c1ccc(C(F)(F)F)nc1NC1CCCSC1. The quantitative estimate of drug-likeness (QED) is 0.898. The van der Waals surface area contributed by atoms with Crippen molar-refractivity contribution in [3.05, 3.63) is 23.4 Å². The zero-order chi connectivity index (χ0) is 14.8. The molecular weight excluding hydrogens is 293 g/mol. The van der Waals surface area contributed by atoms with Crippen molar-refractivity contribution in [2.24, 2.45) is 0 Å². The number of rotatable bonds is 3. The summed E-state index contributed by atoms with van der Waals surface area (Å²) in [4.78, 5) is 14.5. The third kappa shape index (κ3) is 3.56. The van der Waals surface area contributed by atoms with Gasteiger partial charge in [-0.05, 0) is 30.7 Å². The molecule has 2 rings (SSSR count). The van der Waals surface area contributed by atoms with Gasteiger partial charge in [0.1, 0.15) is 17.1 Å². The fourth-order valence-corrected chi connectivity index (χ4v) is 3.02. The van der Waals surface area contributed by atoms with E-state index < -0.39 is 17.8 Å². The third-order valence-corrected chi connectivity index (χ3v) is 4.13. The van der Waals surface area contributed by atoms with Gasteiger partial charge < -0.3 is 10.4 Å². The minimum Gasteiger partial charge on any atom is -0.478 e. The molecule has 0 aliphatic carbocycles. The van der Waals surface area contributed by atoms with E-state index in [1.165, 1.54) is 0 Å². The number of alkyl halides is 3. The Balaban J connectivity index is 2.29. The second-order valence-corrected chi connectivity index (χ2v) is 5.60. The molecule has 4 nitrogen and oxygen atoms in total. The van der Waals surface area contributed by atoms with Crippen LogP contribution in [0.15, 0.2) is 12.1 Å². The summed E-state index contributed by atoms with van der Waals surface area (Å²) in [5.41, 5.74) is -1.33.